The maximum Gasteiger partial charge on any atom is 0.313 e. The van der Waals surface area contributed by atoms with Crippen molar-refractivity contribution in [2.75, 3.05) is 7.11 Å². The van der Waals surface area contributed by atoms with E-state index in [4.69, 9.17) is 0 Å². The first-order valence-electron chi connectivity index (χ1n) is 6.14. The number of Topliss-reactive ketones (excluding diaryl/α,β-unsaturated/α-hetero) is 1. The Bertz CT molecular complexity index is 392. The predicted octanol–water partition coefficient (Wildman–Crippen LogP) is 0.329. The summed E-state index contributed by atoms with van der Waals surface area (Å²) < 4.78 is 4.50. The van der Waals surface area contributed by atoms with E-state index < -0.39 is 5.97 Å². The Morgan fingerprint density at radius 2 is 2.28 bits per heavy atom. The zero-order valence-electron chi connectivity index (χ0n) is 10.9. The van der Waals surface area contributed by atoms with Gasteiger partial charge in [-0.1, -0.05) is 0 Å². The lowest BCUT2D eigenvalue weighted by atomic mass is 10.1. The molecule has 0 saturated heterocycles. The minimum atomic E-state index is -0.457. The molecular weight excluding hydrogens is 234 g/mol. The molecule has 2 aliphatic rings. The third kappa shape index (κ3) is 2.64. The fraction of sp³-hybridized carbons (Fsp3) is 0.667. The molecule has 1 fully saturated rings. The summed E-state index contributed by atoms with van der Waals surface area (Å²) in [5, 5.41) is 1.95. The highest BCUT2D eigenvalue weighted by molar-refractivity contribution is 5.98. The number of methoxy groups -OCH3 is 1. The van der Waals surface area contributed by atoms with Gasteiger partial charge in [0.1, 0.15) is 12.2 Å². The van der Waals surface area contributed by atoms with Crippen LogP contribution < -0.4 is 11.0 Å². The Hall–Kier alpha value is -1.56. The molecule has 0 amide bonds. The maximum absolute atomic E-state index is 11.8. The van der Waals surface area contributed by atoms with Gasteiger partial charge in [0.15, 0.2) is 0 Å². The Labute approximate surface area is 106 Å². The van der Waals surface area contributed by atoms with Crippen molar-refractivity contribution in [3.63, 3.8) is 0 Å². The number of hydrogen-bond acceptors (Lipinski definition) is 6. The van der Waals surface area contributed by atoms with E-state index in [0.717, 1.165) is 12.1 Å². The normalized spacial score (nSPS) is 25.8. The van der Waals surface area contributed by atoms with Crippen LogP contribution in [0.3, 0.4) is 0 Å². The van der Waals surface area contributed by atoms with Crippen LogP contribution in [0.2, 0.25) is 0 Å². The Morgan fingerprint density at radius 3 is 2.83 bits per heavy atom. The third-order valence-corrected chi connectivity index (χ3v) is 3.31. The summed E-state index contributed by atoms with van der Waals surface area (Å²) >= 11 is 0. The molecule has 1 aliphatic heterocycles. The summed E-state index contributed by atoms with van der Waals surface area (Å²) in [6.45, 7) is 4.14. The monoisotopic (exact) mass is 253 g/mol. The van der Waals surface area contributed by atoms with Crippen LogP contribution in [-0.2, 0) is 14.3 Å². The Morgan fingerprint density at radius 1 is 1.56 bits per heavy atom. The lowest BCUT2D eigenvalue weighted by Crippen LogP contribution is -2.40. The molecular formula is C12H19N3O3. The summed E-state index contributed by atoms with van der Waals surface area (Å²) in [6, 6.07) is 0.345. The third-order valence-electron chi connectivity index (χ3n) is 3.31. The smallest absolute Gasteiger partial charge is 0.313 e. The van der Waals surface area contributed by atoms with Crippen molar-refractivity contribution >= 4 is 11.8 Å². The molecule has 0 unspecified atom stereocenters. The van der Waals surface area contributed by atoms with Crippen molar-refractivity contribution in [3.8, 4) is 0 Å². The number of hydrazine groups is 2. The second kappa shape index (κ2) is 4.97. The zero-order valence-corrected chi connectivity index (χ0v) is 10.9. The number of carbonyl (C=O) groups excluding carboxylic acids is 2. The fourth-order valence-electron chi connectivity index (χ4n) is 2.05. The van der Waals surface area contributed by atoms with Crippen LogP contribution in [-0.4, -0.2) is 29.9 Å². The van der Waals surface area contributed by atoms with Gasteiger partial charge in [-0.3, -0.25) is 14.6 Å². The molecule has 0 spiro atoms. The molecule has 100 valence electrons. The van der Waals surface area contributed by atoms with Crippen LogP contribution in [0.1, 0.15) is 26.7 Å². The highest BCUT2D eigenvalue weighted by atomic mass is 16.5. The number of rotatable bonds is 5. The number of ketones is 1. The highest BCUT2D eigenvalue weighted by Gasteiger charge is 2.46. The van der Waals surface area contributed by atoms with Gasteiger partial charge in [0.05, 0.1) is 7.11 Å². The van der Waals surface area contributed by atoms with Gasteiger partial charge in [0, 0.05) is 29.8 Å². The van der Waals surface area contributed by atoms with E-state index in [2.05, 4.69) is 29.5 Å². The number of carbonyl (C=O) groups is 2. The minimum absolute atomic E-state index is 0.0300. The molecule has 1 aliphatic carbocycles. The molecule has 1 heterocycles. The van der Waals surface area contributed by atoms with E-state index in [0.29, 0.717) is 6.04 Å². The molecule has 0 aromatic carbocycles. The van der Waals surface area contributed by atoms with Gasteiger partial charge in [-0.25, -0.2) is 0 Å². The van der Waals surface area contributed by atoms with Crippen molar-refractivity contribution in [2.24, 2.45) is 11.8 Å². The molecule has 0 aromatic heterocycles. The van der Waals surface area contributed by atoms with E-state index in [1.807, 2.05) is 11.2 Å². The molecule has 0 aromatic rings. The predicted molar refractivity (Wildman–Crippen MR) is 64.6 cm³/mol. The summed E-state index contributed by atoms with van der Waals surface area (Å²) in [4.78, 5) is 22.8. The quantitative estimate of drug-likeness (QED) is 0.543. The zero-order chi connectivity index (χ0) is 13.3. The van der Waals surface area contributed by atoms with Crippen LogP contribution in [0.15, 0.2) is 11.9 Å². The molecule has 2 rings (SSSR count). The van der Waals surface area contributed by atoms with E-state index in [-0.39, 0.29) is 24.0 Å². The summed E-state index contributed by atoms with van der Waals surface area (Å²) in [7, 11) is 1.30. The van der Waals surface area contributed by atoms with Gasteiger partial charge in [0.25, 0.3) is 0 Å². The van der Waals surface area contributed by atoms with Crippen LogP contribution in [0.5, 0.6) is 0 Å². The fourth-order valence-corrected chi connectivity index (χ4v) is 2.05. The lowest BCUT2D eigenvalue weighted by Gasteiger charge is -2.18. The standard InChI is InChI=1S/C12H19N3O3/c1-7(2)15-6-10(13-14-15)8-4-9(8)11(16)5-12(17)18-3/h6-9,13-14H,4-5H2,1-3H3/t8-,9-/m0/s1. The van der Waals surface area contributed by atoms with E-state index in [9.17, 15) is 9.59 Å². The molecule has 18 heavy (non-hydrogen) atoms. The molecule has 2 N–H and O–H groups in total. The van der Waals surface area contributed by atoms with E-state index >= 15 is 0 Å². The Kier molecular flexibility index (Phi) is 3.56. The average Bonchev–Trinajstić information content (AvgIpc) is 2.98. The molecule has 2 atom stereocenters. The van der Waals surface area contributed by atoms with Gasteiger partial charge in [-0.2, -0.15) is 0 Å². The van der Waals surface area contributed by atoms with Crippen LogP contribution >= 0.6 is 0 Å². The highest BCUT2D eigenvalue weighted by Crippen LogP contribution is 2.45. The van der Waals surface area contributed by atoms with Gasteiger partial charge >= 0.3 is 5.97 Å². The Balaban J connectivity index is 1.86. The van der Waals surface area contributed by atoms with E-state index in [1.165, 1.54) is 7.11 Å². The second-order valence-corrected chi connectivity index (χ2v) is 4.99. The average molecular weight is 253 g/mol. The number of nitrogens with zero attached hydrogens (tertiary/aromatic N) is 1. The topological polar surface area (TPSA) is 70.7 Å². The lowest BCUT2D eigenvalue weighted by molar-refractivity contribution is -0.143. The second-order valence-electron chi connectivity index (χ2n) is 4.99. The first-order chi connectivity index (χ1) is 8.52. The minimum Gasteiger partial charge on any atom is -0.469 e. The number of allylic oxidation sites excluding steroid dienone is 1. The van der Waals surface area contributed by atoms with Crippen LogP contribution in [0, 0.1) is 11.8 Å². The summed E-state index contributed by atoms with van der Waals surface area (Å²) in [5.41, 5.74) is 7.12. The van der Waals surface area contributed by atoms with Crippen molar-refractivity contribution in [2.45, 2.75) is 32.7 Å². The summed E-state index contributed by atoms with van der Waals surface area (Å²) in [5.74, 6) is -0.325. The molecule has 6 heteroatoms. The summed E-state index contributed by atoms with van der Waals surface area (Å²) in [6.07, 6.45) is 2.68. The first-order valence-corrected chi connectivity index (χ1v) is 6.14. The van der Waals surface area contributed by atoms with Crippen molar-refractivity contribution < 1.29 is 14.3 Å². The van der Waals surface area contributed by atoms with Gasteiger partial charge in [0.2, 0.25) is 0 Å². The van der Waals surface area contributed by atoms with Gasteiger partial charge < -0.3 is 10.2 Å². The molecule has 1 saturated carbocycles. The SMILES string of the molecule is COC(=O)CC(=O)[C@H]1C[C@@H]1C1=CN(C(C)C)NN1. The van der Waals surface area contributed by atoms with Crippen molar-refractivity contribution in [1.29, 1.82) is 0 Å². The van der Waals surface area contributed by atoms with Gasteiger partial charge in [-0.15, -0.1) is 5.53 Å². The number of nitrogens with one attached hydrogen (secondary N) is 2. The maximum atomic E-state index is 11.8. The van der Waals surface area contributed by atoms with E-state index in [1.54, 1.807) is 0 Å². The van der Waals surface area contributed by atoms with Crippen molar-refractivity contribution in [1.82, 2.24) is 16.0 Å². The molecule has 0 bridgehead atoms. The first kappa shape index (κ1) is 12.9. The molecule has 0 radical (unpaired) electrons. The number of esters is 1. The van der Waals surface area contributed by atoms with Crippen LogP contribution in [0.25, 0.3) is 0 Å². The number of ether oxygens (including phenoxy) is 1. The molecule has 6 nitrogen and oxygen atoms in total. The van der Waals surface area contributed by atoms with Crippen molar-refractivity contribution in [3.05, 3.63) is 11.9 Å². The van der Waals surface area contributed by atoms with Crippen LogP contribution in [0.4, 0.5) is 0 Å². The number of hydrogen-bond donors (Lipinski definition) is 2. The largest absolute Gasteiger partial charge is 0.469 e. The van der Waals surface area contributed by atoms with Gasteiger partial charge in [-0.05, 0) is 20.3 Å².